The quantitative estimate of drug-likeness (QED) is 0.383. The number of rotatable bonds is 10. The molecule has 2 rings (SSSR count). The van der Waals surface area contributed by atoms with E-state index in [4.69, 9.17) is 0 Å². The fourth-order valence-electron chi connectivity index (χ4n) is 3.02. The van der Waals surface area contributed by atoms with Crippen LogP contribution in [-0.2, 0) is 13.0 Å². The number of aryl methyl sites for hydroxylation is 1. The molecule has 1 aromatic rings. The molecule has 1 saturated heterocycles. The highest BCUT2D eigenvalue weighted by Gasteiger charge is 2.09. The Kier molecular flexibility index (Phi) is 8.59. The van der Waals surface area contributed by atoms with Crippen molar-refractivity contribution < 1.29 is 0 Å². The van der Waals surface area contributed by atoms with Crippen LogP contribution in [0, 0.1) is 0 Å². The van der Waals surface area contributed by atoms with E-state index in [1.807, 2.05) is 0 Å². The first-order valence-corrected chi connectivity index (χ1v) is 9.44. The normalized spacial score (nSPS) is 15.8. The third-order valence-electron chi connectivity index (χ3n) is 4.35. The van der Waals surface area contributed by atoms with Crippen LogP contribution in [0.5, 0.6) is 0 Å². The smallest absolute Gasteiger partial charge is 0.191 e. The Bertz CT molecular complexity index is 477. The number of likely N-dealkylation sites (tertiary alicyclic amines) is 1. The summed E-state index contributed by atoms with van der Waals surface area (Å²) in [7, 11) is 0. The lowest BCUT2D eigenvalue weighted by Gasteiger charge is -2.14. The van der Waals surface area contributed by atoms with Crippen molar-refractivity contribution in [3.05, 3.63) is 12.2 Å². The van der Waals surface area contributed by atoms with Gasteiger partial charge in [0.2, 0.25) is 0 Å². The maximum absolute atomic E-state index is 4.67. The van der Waals surface area contributed by atoms with E-state index < -0.39 is 0 Å². The SMILES string of the molecule is CCNC(=NCCCCN1CCCC1)NCCn1cnnc1CC. The van der Waals surface area contributed by atoms with Gasteiger partial charge in [-0.2, -0.15) is 0 Å². The molecule has 24 heavy (non-hydrogen) atoms. The Hall–Kier alpha value is -1.63. The molecule has 0 radical (unpaired) electrons. The Labute approximate surface area is 145 Å². The third kappa shape index (κ3) is 6.47. The third-order valence-corrected chi connectivity index (χ3v) is 4.35. The van der Waals surface area contributed by atoms with Gasteiger partial charge in [0.15, 0.2) is 5.96 Å². The molecule has 1 aliphatic heterocycles. The minimum absolute atomic E-state index is 0.824. The monoisotopic (exact) mass is 335 g/mol. The minimum Gasteiger partial charge on any atom is -0.357 e. The molecule has 7 nitrogen and oxygen atoms in total. The zero-order valence-corrected chi connectivity index (χ0v) is 15.3. The summed E-state index contributed by atoms with van der Waals surface area (Å²) in [6.07, 6.45) is 7.84. The van der Waals surface area contributed by atoms with Gasteiger partial charge in [0.25, 0.3) is 0 Å². The lowest BCUT2D eigenvalue weighted by atomic mass is 10.3. The second-order valence-corrected chi connectivity index (χ2v) is 6.24. The molecule has 1 aromatic heterocycles. The molecule has 0 unspecified atom stereocenters. The Morgan fingerprint density at radius 3 is 2.75 bits per heavy atom. The Morgan fingerprint density at radius 1 is 1.17 bits per heavy atom. The van der Waals surface area contributed by atoms with Gasteiger partial charge in [0, 0.05) is 32.6 Å². The van der Waals surface area contributed by atoms with E-state index in [2.05, 4.69) is 49.1 Å². The average molecular weight is 336 g/mol. The van der Waals surface area contributed by atoms with Crippen molar-refractivity contribution in [1.82, 2.24) is 30.3 Å². The van der Waals surface area contributed by atoms with Crippen LogP contribution in [0.2, 0.25) is 0 Å². The minimum atomic E-state index is 0.824. The molecule has 7 heteroatoms. The molecule has 2 N–H and O–H groups in total. The summed E-state index contributed by atoms with van der Waals surface area (Å²) in [6, 6.07) is 0. The first-order valence-electron chi connectivity index (χ1n) is 9.44. The summed E-state index contributed by atoms with van der Waals surface area (Å²) in [5.41, 5.74) is 0. The fourth-order valence-corrected chi connectivity index (χ4v) is 3.02. The molecule has 1 aliphatic rings. The highest BCUT2D eigenvalue weighted by Crippen LogP contribution is 2.08. The van der Waals surface area contributed by atoms with Gasteiger partial charge in [-0.1, -0.05) is 6.92 Å². The van der Waals surface area contributed by atoms with E-state index in [-0.39, 0.29) is 0 Å². The van der Waals surface area contributed by atoms with Gasteiger partial charge in [-0.15, -0.1) is 10.2 Å². The van der Waals surface area contributed by atoms with Crippen LogP contribution >= 0.6 is 0 Å². The summed E-state index contributed by atoms with van der Waals surface area (Å²) in [6.45, 7) is 11.4. The Balaban J connectivity index is 1.64. The summed E-state index contributed by atoms with van der Waals surface area (Å²) >= 11 is 0. The van der Waals surface area contributed by atoms with Crippen molar-refractivity contribution in [2.45, 2.75) is 52.5 Å². The highest BCUT2D eigenvalue weighted by molar-refractivity contribution is 5.79. The van der Waals surface area contributed by atoms with Gasteiger partial charge >= 0.3 is 0 Å². The second kappa shape index (κ2) is 11.0. The number of guanidine groups is 1. The molecule has 0 aromatic carbocycles. The molecule has 1 fully saturated rings. The van der Waals surface area contributed by atoms with Gasteiger partial charge in [-0.05, 0) is 52.2 Å². The predicted molar refractivity (Wildman–Crippen MR) is 98.3 cm³/mol. The molecule has 0 atom stereocenters. The molecule has 0 bridgehead atoms. The number of hydrogen-bond donors (Lipinski definition) is 2. The maximum atomic E-state index is 4.67. The standard InChI is InChI=1S/C17H33N7/c1-3-16-22-21-15-24(16)14-10-20-17(18-4-2)19-9-5-6-11-23-12-7-8-13-23/h15H,3-14H2,1-2H3,(H2,18,19,20). The number of hydrogen-bond acceptors (Lipinski definition) is 4. The predicted octanol–water partition coefficient (Wildman–Crippen LogP) is 1.27. The number of aromatic nitrogens is 3. The Morgan fingerprint density at radius 2 is 2.00 bits per heavy atom. The van der Waals surface area contributed by atoms with E-state index in [1.165, 1.54) is 38.9 Å². The van der Waals surface area contributed by atoms with Crippen molar-refractivity contribution in [3.8, 4) is 0 Å². The molecule has 2 heterocycles. The zero-order valence-electron chi connectivity index (χ0n) is 15.3. The molecule has 0 amide bonds. The van der Waals surface area contributed by atoms with Crippen molar-refractivity contribution in [3.63, 3.8) is 0 Å². The van der Waals surface area contributed by atoms with Gasteiger partial charge in [0.1, 0.15) is 12.2 Å². The zero-order chi connectivity index (χ0) is 17.0. The van der Waals surface area contributed by atoms with Crippen molar-refractivity contribution in [2.24, 2.45) is 4.99 Å². The van der Waals surface area contributed by atoms with Crippen molar-refractivity contribution in [2.75, 3.05) is 39.3 Å². The van der Waals surface area contributed by atoms with Crippen LogP contribution in [0.1, 0.15) is 45.4 Å². The molecule has 136 valence electrons. The van der Waals surface area contributed by atoms with E-state index in [0.717, 1.165) is 50.8 Å². The first-order chi connectivity index (χ1) is 11.8. The van der Waals surface area contributed by atoms with Gasteiger partial charge in [0.05, 0.1) is 0 Å². The van der Waals surface area contributed by atoms with Crippen LogP contribution in [-0.4, -0.2) is 64.9 Å². The molecule has 0 saturated carbocycles. The van der Waals surface area contributed by atoms with Gasteiger partial charge in [-0.3, -0.25) is 4.99 Å². The summed E-state index contributed by atoms with van der Waals surface area (Å²) in [5.74, 6) is 1.94. The summed E-state index contributed by atoms with van der Waals surface area (Å²) in [4.78, 5) is 7.24. The number of nitrogens with zero attached hydrogens (tertiary/aromatic N) is 5. The average Bonchev–Trinajstić information content (AvgIpc) is 3.25. The lowest BCUT2D eigenvalue weighted by Crippen LogP contribution is -2.39. The molecule has 0 aliphatic carbocycles. The summed E-state index contributed by atoms with van der Waals surface area (Å²) in [5, 5.41) is 14.8. The fraction of sp³-hybridized carbons (Fsp3) is 0.824. The van der Waals surface area contributed by atoms with Crippen LogP contribution < -0.4 is 10.6 Å². The topological polar surface area (TPSA) is 70.4 Å². The molecular weight excluding hydrogens is 302 g/mol. The van der Waals surface area contributed by atoms with Gasteiger partial charge < -0.3 is 20.1 Å². The first kappa shape index (κ1) is 18.7. The van der Waals surface area contributed by atoms with Crippen LogP contribution in [0.15, 0.2) is 11.3 Å². The van der Waals surface area contributed by atoms with E-state index >= 15 is 0 Å². The summed E-state index contributed by atoms with van der Waals surface area (Å²) < 4.78 is 2.09. The number of unbranched alkanes of at least 4 members (excludes halogenated alkanes) is 1. The van der Waals surface area contributed by atoms with E-state index in [0.29, 0.717) is 0 Å². The van der Waals surface area contributed by atoms with E-state index in [9.17, 15) is 0 Å². The van der Waals surface area contributed by atoms with Gasteiger partial charge in [-0.25, -0.2) is 0 Å². The molecule has 0 spiro atoms. The van der Waals surface area contributed by atoms with Crippen molar-refractivity contribution in [1.29, 1.82) is 0 Å². The highest BCUT2D eigenvalue weighted by atomic mass is 15.3. The van der Waals surface area contributed by atoms with Crippen LogP contribution in [0.4, 0.5) is 0 Å². The molecular formula is C17H33N7. The maximum Gasteiger partial charge on any atom is 0.191 e. The number of nitrogens with one attached hydrogen (secondary N) is 2. The second-order valence-electron chi connectivity index (χ2n) is 6.24. The lowest BCUT2D eigenvalue weighted by molar-refractivity contribution is 0.331. The van der Waals surface area contributed by atoms with E-state index in [1.54, 1.807) is 6.33 Å². The number of aliphatic imine (C=N–C) groups is 1. The van der Waals surface area contributed by atoms with Crippen molar-refractivity contribution >= 4 is 5.96 Å². The van der Waals surface area contributed by atoms with Crippen LogP contribution in [0.25, 0.3) is 0 Å². The van der Waals surface area contributed by atoms with Crippen LogP contribution in [0.3, 0.4) is 0 Å². The largest absolute Gasteiger partial charge is 0.357 e.